The molecule has 124 valence electrons. The lowest BCUT2D eigenvalue weighted by molar-refractivity contribution is 0.212. The molecular formula is C15H28N6O. The predicted molar refractivity (Wildman–Crippen MR) is 90.6 cm³/mol. The van der Waals surface area contributed by atoms with Gasteiger partial charge in [0.1, 0.15) is 0 Å². The van der Waals surface area contributed by atoms with Crippen molar-refractivity contribution >= 4 is 11.7 Å². The molecule has 0 radical (unpaired) electrons. The Morgan fingerprint density at radius 1 is 1.59 bits per heavy atom. The van der Waals surface area contributed by atoms with Crippen LogP contribution >= 0.6 is 0 Å². The summed E-state index contributed by atoms with van der Waals surface area (Å²) in [5, 5.41) is 5.88. The van der Waals surface area contributed by atoms with Crippen LogP contribution in [-0.2, 0) is 0 Å². The van der Waals surface area contributed by atoms with E-state index in [9.17, 15) is 4.79 Å². The molecule has 0 aliphatic carbocycles. The van der Waals surface area contributed by atoms with Crippen LogP contribution in [0.15, 0.2) is 28.0 Å². The third kappa shape index (κ3) is 4.85. The van der Waals surface area contributed by atoms with Crippen LogP contribution in [0.2, 0.25) is 0 Å². The van der Waals surface area contributed by atoms with Gasteiger partial charge in [-0.05, 0) is 33.9 Å². The van der Waals surface area contributed by atoms with Gasteiger partial charge in [0.25, 0.3) is 0 Å². The van der Waals surface area contributed by atoms with Crippen molar-refractivity contribution < 1.29 is 4.79 Å². The zero-order chi connectivity index (χ0) is 16.7. The van der Waals surface area contributed by atoms with Crippen LogP contribution in [-0.4, -0.2) is 56.4 Å². The zero-order valence-electron chi connectivity index (χ0n) is 13.9. The number of nitrogens with one attached hydrogen (secondary N) is 2. The summed E-state index contributed by atoms with van der Waals surface area (Å²) >= 11 is 0. The second-order valence-electron chi connectivity index (χ2n) is 5.46. The van der Waals surface area contributed by atoms with Crippen molar-refractivity contribution in [1.82, 2.24) is 15.5 Å². The molecule has 0 spiro atoms. The van der Waals surface area contributed by atoms with Gasteiger partial charge in [-0.1, -0.05) is 11.6 Å². The Morgan fingerprint density at radius 3 is 2.77 bits per heavy atom. The van der Waals surface area contributed by atoms with Gasteiger partial charge in [-0.3, -0.25) is 4.99 Å². The lowest BCUT2D eigenvalue weighted by Gasteiger charge is -2.26. The Labute approximate surface area is 132 Å². The first-order chi connectivity index (χ1) is 10.4. The molecule has 1 saturated heterocycles. The minimum Gasteiger partial charge on any atom is -0.401 e. The van der Waals surface area contributed by atoms with E-state index >= 15 is 0 Å². The Balaban J connectivity index is 2.95. The Bertz CT molecular complexity index is 490. The lowest BCUT2D eigenvalue weighted by atomic mass is 10.00. The second kappa shape index (κ2) is 8.55. The number of hydrogen-bond donors (Lipinski definition) is 4. The molecule has 0 saturated carbocycles. The minimum absolute atomic E-state index is 0.0959. The van der Waals surface area contributed by atoms with E-state index in [0.29, 0.717) is 24.5 Å². The number of carbonyl (C=O) groups excluding carboxylic acids is 1. The van der Waals surface area contributed by atoms with Crippen LogP contribution in [0.5, 0.6) is 0 Å². The highest BCUT2D eigenvalue weighted by molar-refractivity contribution is 5.97. The number of nitrogens with zero attached hydrogens (tertiary/aromatic N) is 2. The molecule has 1 aliphatic heterocycles. The smallest absolute Gasteiger partial charge is 0.317 e. The molecular weight excluding hydrogens is 280 g/mol. The van der Waals surface area contributed by atoms with E-state index in [0.717, 1.165) is 24.3 Å². The number of carbonyl (C=O) groups is 1. The largest absolute Gasteiger partial charge is 0.401 e. The summed E-state index contributed by atoms with van der Waals surface area (Å²) in [6.45, 7) is 5.52. The Kier molecular flexibility index (Phi) is 7.07. The normalized spacial score (nSPS) is 20.8. The molecule has 0 aromatic rings. The maximum Gasteiger partial charge on any atom is 0.317 e. The van der Waals surface area contributed by atoms with Gasteiger partial charge in [0.15, 0.2) is 0 Å². The van der Waals surface area contributed by atoms with Crippen molar-refractivity contribution in [3.8, 4) is 0 Å². The number of urea groups is 1. The minimum atomic E-state index is -0.334. The predicted octanol–water partition coefficient (Wildman–Crippen LogP) is 0.156. The molecule has 2 amide bonds. The molecule has 0 aromatic heterocycles. The fourth-order valence-electron chi connectivity index (χ4n) is 2.29. The van der Waals surface area contributed by atoms with E-state index in [1.807, 2.05) is 20.0 Å². The standard InChI is InChI=1S/C15H28N6O/c1-5-11(6-7-18-3)13(17)14(10(2)16)20-12-8-19-15(22)21(4)9-12/h5,13,18H,6-9,16-17H2,1-4H3,(H,19,22)/b11-5+,14-10+,20-12-. The highest BCUT2D eigenvalue weighted by Crippen LogP contribution is 2.17. The van der Waals surface area contributed by atoms with Crippen LogP contribution in [0.1, 0.15) is 20.3 Å². The third-order valence-electron chi connectivity index (χ3n) is 3.62. The Morgan fingerprint density at radius 2 is 2.27 bits per heavy atom. The fraction of sp³-hybridized carbons (Fsp3) is 0.600. The molecule has 6 N–H and O–H groups in total. The number of aliphatic imine (C=N–C) groups is 1. The first-order valence-electron chi connectivity index (χ1n) is 7.47. The maximum absolute atomic E-state index is 11.4. The first-order valence-corrected chi connectivity index (χ1v) is 7.47. The molecule has 1 fully saturated rings. The maximum atomic E-state index is 11.4. The third-order valence-corrected chi connectivity index (χ3v) is 3.62. The molecule has 1 aliphatic rings. The lowest BCUT2D eigenvalue weighted by Crippen LogP contribution is -2.49. The molecule has 0 bridgehead atoms. The van der Waals surface area contributed by atoms with E-state index in [1.165, 1.54) is 0 Å². The van der Waals surface area contributed by atoms with Gasteiger partial charge in [-0.15, -0.1) is 0 Å². The second-order valence-corrected chi connectivity index (χ2v) is 5.46. The summed E-state index contributed by atoms with van der Waals surface area (Å²) in [7, 11) is 3.64. The number of rotatable bonds is 6. The van der Waals surface area contributed by atoms with Gasteiger partial charge in [-0.25, -0.2) is 4.79 Å². The summed E-state index contributed by atoms with van der Waals surface area (Å²) in [6, 6.07) is -0.430. The Hall–Kier alpha value is -1.86. The van der Waals surface area contributed by atoms with Gasteiger partial charge >= 0.3 is 6.03 Å². The van der Waals surface area contributed by atoms with Crippen molar-refractivity contribution in [2.24, 2.45) is 16.5 Å². The summed E-state index contributed by atoms with van der Waals surface area (Å²) in [5.41, 5.74) is 15.5. The summed E-state index contributed by atoms with van der Waals surface area (Å²) in [5.74, 6) is 0. The van der Waals surface area contributed by atoms with Crippen molar-refractivity contribution in [1.29, 1.82) is 0 Å². The van der Waals surface area contributed by atoms with Gasteiger partial charge in [-0.2, -0.15) is 0 Å². The van der Waals surface area contributed by atoms with Crippen LogP contribution in [0.25, 0.3) is 0 Å². The highest BCUT2D eigenvalue weighted by atomic mass is 16.2. The van der Waals surface area contributed by atoms with E-state index in [2.05, 4.69) is 15.6 Å². The van der Waals surface area contributed by atoms with Crippen LogP contribution in [0, 0.1) is 0 Å². The molecule has 22 heavy (non-hydrogen) atoms. The van der Waals surface area contributed by atoms with Crippen molar-refractivity contribution in [3.05, 3.63) is 23.0 Å². The topological polar surface area (TPSA) is 109 Å². The quantitative estimate of drug-likeness (QED) is 0.524. The van der Waals surface area contributed by atoms with E-state index in [4.69, 9.17) is 11.5 Å². The van der Waals surface area contributed by atoms with Gasteiger partial charge in [0.05, 0.1) is 30.5 Å². The van der Waals surface area contributed by atoms with Crippen LogP contribution in [0.3, 0.4) is 0 Å². The van der Waals surface area contributed by atoms with Crippen molar-refractivity contribution in [2.75, 3.05) is 33.7 Å². The SMILES string of the molecule is C/C=C(\CCNC)C(N)C(/N=C1/CNC(=O)N(C)C1)=C(/C)N. The first kappa shape index (κ1) is 18.2. The fourth-order valence-corrected chi connectivity index (χ4v) is 2.29. The van der Waals surface area contributed by atoms with Crippen LogP contribution < -0.4 is 22.1 Å². The van der Waals surface area contributed by atoms with Gasteiger partial charge < -0.3 is 27.0 Å². The number of amides is 2. The van der Waals surface area contributed by atoms with E-state index in [-0.39, 0.29) is 12.1 Å². The van der Waals surface area contributed by atoms with Gasteiger partial charge in [0, 0.05) is 12.7 Å². The molecule has 7 nitrogen and oxygen atoms in total. The van der Waals surface area contributed by atoms with Crippen molar-refractivity contribution in [3.63, 3.8) is 0 Å². The van der Waals surface area contributed by atoms with Crippen molar-refractivity contribution in [2.45, 2.75) is 26.3 Å². The summed E-state index contributed by atoms with van der Waals surface area (Å²) < 4.78 is 0. The van der Waals surface area contributed by atoms with E-state index < -0.39 is 0 Å². The average Bonchev–Trinajstić information content (AvgIpc) is 2.48. The summed E-state index contributed by atoms with van der Waals surface area (Å²) in [4.78, 5) is 17.7. The number of nitrogens with two attached hydrogens (primary N) is 2. The molecule has 1 rings (SSSR count). The van der Waals surface area contributed by atoms with Gasteiger partial charge in [0.2, 0.25) is 0 Å². The molecule has 1 heterocycles. The number of hydrogen-bond acceptors (Lipinski definition) is 5. The van der Waals surface area contributed by atoms with E-state index in [1.54, 1.807) is 18.9 Å². The highest BCUT2D eigenvalue weighted by Gasteiger charge is 2.21. The summed E-state index contributed by atoms with van der Waals surface area (Å²) in [6.07, 6.45) is 2.85. The average molecular weight is 308 g/mol. The molecule has 1 unspecified atom stereocenters. The molecule has 1 atom stereocenters. The monoisotopic (exact) mass is 308 g/mol. The zero-order valence-corrected chi connectivity index (χ0v) is 13.9. The molecule has 0 aromatic carbocycles. The number of allylic oxidation sites excluding steroid dienone is 2. The molecule has 7 heteroatoms. The van der Waals surface area contributed by atoms with Crippen LogP contribution in [0.4, 0.5) is 4.79 Å².